The minimum absolute atomic E-state index is 0.0816. The number of carbonyl (C=O) groups is 4. The van der Waals surface area contributed by atoms with E-state index in [1.165, 1.54) is 0 Å². The highest BCUT2D eigenvalue weighted by molar-refractivity contribution is 8.15. The highest BCUT2D eigenvalue weighted by atomic mass is 32.2. The number of quaternary nitrogens is 1. The van der Waals surface area contributed by atoms with Crippen LogP contribution in [0.2, 0.25) is 0 Å². The maximum absolute atomic E-state index is 13.7. The number of nitrogens with zero attached hydrogens (tertiary/aromatic N) is 1. The lowest BCUT2D eigenvalue weighted by Crippen LogP contribution is -2.61. The van der Waals surface area contributed by atoms with Crippen LogP contribution in [0.15, 0.2) is 65.1 Å². The predicted molar refractivity (Wildman–Crippen MR) is 124 cm³/mol. The standard InChI is InChI=1S/C25H23NO6S/c1-16-8-7-13-26(16,25(30)31)23(28)22(33-24(29)17-9-3-2-4-10-17)15-19(27)21-14-18-11-5-6-12-20(18)32-21/h2-6,9-12,14,16,22H,7-8,13,15H2,1H3/p+1/t16-,22?,26?/m1/s1. The molecule has 1 aliphatic rings. The summed E-state index contributed by atoms with van der Waals surface area (Å²) in [6.07, 6.45) is -0.415. The van der Waals surface area contributed by atoms with Crippen LogP contribution in [0, 0.1) is 0 Å². The smallest absolute Gasteiger partial charge is 0.453 e. The SMILES string of the molecule is C[C@@H]1CCC[N+]1(C(=O)O)C(=O)C(CC(=O)c1cc2ccccc2o1)SC(=O)c1ccccc1. The van der Waals surface area contributed by atoms with Gasteiger partial charge in [0.25, 0.3) is 0 Å². The number of fused-ring (bicyclic) bond motifs is 1. The van der Waals surface area contributed by atoms with Crippen LogP contribution in [0.25, 0.3) is 11.0 Å². The normalized spacial score (nSPS) is 21.1. The number of thioether (sulfide) groups is 1. The monoisotopic (exact) mass is 466 g/mol. The quantitative estimate of drug-likeness (QED) is 0.396. The van der Waals surface area contributed by atoms with E-state index in [0.717, 1.165) is 5.39 Å². The Labute approximate surface area is 195 Å². The molecule has 2 aromatic carbocycles. The molecule has 4 rings (SSSR count). The molecule has 2 heterocycles. The van der Waals surface area contributed by atoms with Crippen LogP contribution in [0.4, 0.5) is 4.79 Å². The average Bonchev–Trinajstić information content (AvgIpc) is 3.43. The van der Waals surface area contributed by atoms with Gasteiger partial charge in [0, 0.05) is 30.2 Å². The van der Waals surface area contributed by atoms with Gasteiger partial charge in [-0.2, -0.15) is 9.28 Å². The van der Waals surface area contributed by atoms with Gasteiger partial charge in [0.2, 0.25) is 5.12 Å². The second kappa shape index (κ2) is 9.33. The number of amides is 2. The zero-order valence-corrected chi connectivity index (χ0v) is 18.9. The molecule has 1 aromatic heterocycles. The zero-order valence-electron chi connectivity index (χ0n) is 18.1. The molecule has 1 fully saturated rings. The van der Waals surface area contributed by atoms with E-state index in [1.807, 2.05) is 12.1 Å². The minimum atomic E-state index is -1.25. The van der Waals surface area contributed by atoms with Gasteiger partial charge in [-0.05, 0) is 19.1 Å². The number of hydrogen-bond donors (Lipinski definition) is 1. The topological polar surface area (TPSA) is 102 Å². The Balaban J connectivity index is 1.65. The van der Waals surface area contributed by atoms with Gasteiger partial charge in [-0.15, -0.1) is 0 Å². The molecule has 0 bridgehead atoms. The highest BCUT2D eigenvalue weighted by Crippen LogP contribution is 2.34. The lowest BCUT2D eigenvalue weighted by molar-refractivity contribution is -0.792. The third kappa shape index (κ3) is 4.36. The Morgan fingerprint density at radius 3 is 2.42 bits per heavy atom. The number of Topliss-reactive ketones (excluding diaryl/α,β-unsaturated/α-hetero) is 1. The molecule has 3 aromatic rings. The van der Waals surface area contributed by atoms with E-state index in [1.54, 1.807) is 55.5 Å². The highest BCUT2D eigenvalue weighted by Gasteiger charge is 2.55. The summed E-state index contributed by atoms with van der Waals surface area (Å²) in [6.45, 7) is 1.87. The van der Waals surface area contributed by atoms with Crippen LogP contribution < -0.4 is 0 Å². The fraction of sp³-hybridized carbons (Fsp3) is 0.280. The molecule has 0 radical (unpaired) electrons. The molecule has 170 valence electrons. The van der Waals surface area contributed by atoms with Crippen molar-refractivity contribution in [1.29, 1.82) is 0 Å². The van der Waals surface area contributed by atoms with E-state index in [-0.39, 0.29) is 23.8 Å². The summed E-state index contributed by atoms with van der Waals surface area (Å²) in [4.78, 5) is 51.9. The maximum Gasteiger partial charge on any atom is 0.521 e. The molecule has 0 saturated carbocycles. The molecule has 7 nitrogen and oxygen atoms in total. The van der Waals surface area contributed by atoms with Gasteiger partial charge < -0.3 is 9.52 Å². The Morgan fingerprint density at radius 1 is 1.09 bits per heavy atom. The number of para-hydroxylation sites is 1. The van der Waals surface area contributed by atoms with E-state index < -0.39 is 33.6 Å². The zero-order chi connectivity index (χ0) is 23.6. The largest absolute Gasteiger partial charge is 0.521 e. The first-order chi connectivity index (χ1) is 15.8. The molecule has 0 aliphatic carbocycles. The van der Waals surface area contributed by atoms with Gasteiger partial charge in [-0.3, -0.25) is 9.59 Å². The van der Waals surface area contributed by atoms with Crippen molar-refractivity contribution in [3.05, 3.63) is 72.0 Å². The van der Waals surface area contributed by atoms with Crippen LogP contribution in [-0.4, -0.2) is 50.3 Å². The average molecular weight is 467 g/mol. The van der Waals surface area contributed by atoms with Crippen LogP contribution in [-0.2, 0) is 4.79 Å². The molecule has 1 aliphatic heterocycles. The Hall–Kier alpha value is -3.23. The Morgan fingerprint density at radius 2 is 1.79 bits per heavy atom. The molecular weight excluding hydrogens is 442 g/mol. The lowest BCUT2D eigenvalue weighted by atomic mass is 10.1. The molecule has 2 amide bonds. The minimum Gasteiger partial charge on any atom is -0.453 e. The second-order valence-corrected chi connectivity index (χ2v) is 9.42. The molecular formula is C25H24NO6S+. The van der Waals surface area contributed by atoms with E-state index in [0.29, 0.717) is 35.7 Å². The molecule has 2 unspecified atom stereocenters. The molecule has 0 spiro atoms. The van der Waals surface area contributed by atoms with Gasteiger partial charge in [0.05, 0.1) is 6.54 Å². The third-order valence-corrected chi connectivity index (χ3v) is 7.33. The summed E-state index contributed by atoms with van der Waals surface area (Å²) < 4.78 is 4.87. The van der Waals surface area contributed by atoms with Crippen LogP contribution in [0.1, 0.15) is 47.1 Å². The Bertz CT molecular complexity index is 1190. The molecule has 8 heteroatoms. The molecule has 1 N–H and O–H groups in total. The van der Waals surface area contributed by atoms with Gasteiger partial charge in [0.15, 0.2) is 11.5 Å². The number of carboxylic acid groups (broad SMARTS) is 1. The van der Waals surface area contributed by atoms with Gasteiger partial charge in [-0.1, -0.05) is 60.3 Å². The molecule has 3 atom stereocenters. The Kier molecular flexibility index (Phi) is 6.49. The number of carbonyl (C=O) groups excluding carboxylic acids is 3. The van der Waals surface area contributed by atoms with Crippen LogP contribution in [0.5, 0.6) is 0 Å². The van der Waals surface area contributed by atoms with Gasteiger partial charge in [0.1, 0.15) is 16.9 Å². The molecule has 1 saturated heterocycles. The summed E-state index contributed by atoms with van der Waals surface area (Å²) in [5, 5.41) is 9.21. The number of rotatable bonds is 6. The summed E-state index contributed by atoms with van der Waals surface area (Å²) in [5.41, 5.74) is 0.923. The van der Waals surface area contributed by atoms with Crippen molar-refractivity contribution in [2.45, 2.75) is 37.5 Å². The van der Waals surface area contributed by atoms with E-state index in [2.05, 4.69) is 0 Å². The van der Waals surface area contributed by atoms with Crippen molar-refractivity contribution in [3.63, 3.8) is 0 Å². The lowest BCUT2D eigenvalue weighted by Gasteiger charge is -2.32. The van der Waals surface area contributed by atoms with Gasteiger partial charge >= 0.3 is 12.0 Å². The second-order valence-electron chi connectivity index (χ2n) is 8.24. The van der Waals surface area contributed by atoms with Crippen molar-refractivity contribution in [2.75, 3.05) is 6.54 Å². The van der Waals surface area contributed by atoms with E-state index in [4.69, 9.17) is 4.42 Å². The van der Waals surface area contributed by atoms with Crippen molar-refractivity contribution >= 4 is 45.6 Å². The van der Waals surface area contributed by atoms with E-state index in [9.17, 15) is 24.3 Å². The number of imide groups is 1. The van der Waals surface area contributed by atoms with Crippen molar-refractivity contribution in [2.24, 2.45) is 0 Å². The molecule has 33 heavy (non-hydrogen) atoms. The van der Waals surface area contributed by atoms with Gasteiger partial charge in [-0.25, -0.2) is 4.79 Å². The summed E-state index contributed by atoms with van der Waals surface area (Å²) in [6, 6.07) is 16.7. The van der Waals surface area contributed by atoms with Crippen LogP contribution >= 0.6 is 11.8 Å². The first kappa shape index (κ1) is 22.9. The number of benzene rings is 2. The number of ketones is 1. The van der Waals surface area contributed by atoms with E-state index >= 15 is 0 Å². The predicted octanol–water partition coefficient (Wildman–Crippen LogP) is 5.15. The third-order valence-electron chi connectivity index (χ3n) is 6.23. The summed E-state index contributed by atoms with van der Waals surface area (Å²) >= 11 is 0.711. The number of furan rings is 1. The first-order valence-corrected chi connectivity index (χ1v) is 11.6. The summed E-state index contributed by atoms with van der Waals surface area (Å²) in [5.74, 6) is -1.00. The van der Waals surface area contributed by atoms with Crippen LogP contribution in [0.3, 0.4) is 0 Å². The fourth-order valence-electron chi connectivity index (χ4n) is 4.38. The number of likely N-dealkylation sites (tertiary alicyclic amines) is 1. The first-order valence-electron chi connectivity index (χ1n) is 10.8. The number of hydrogen-bond acceptors (Lipinski definition) is 6. The summed E-state index contributed by atoms with van der Waals surface area (Å²) in [7, 11) is 0. The van der Waals surface area contributed by atoms with Crippen molar-refractivity contribution in [1.82, 2.24) is 0 Å². The van der Waals surface area contributed by atoms with Crippen molar-refractivity contribution < 1.29 is 33.2 Å². The van der Waals surface area contributed by atoms with Crippen molar-refractivity contribution in [3.8, 4) is 0 Å². The maximum atomic E-state index is 13.7. The fourth-order valence-corrected chi connectivity index (χ4v) is 5.43.